The molecule has 0 N–H and O–H groups in total. The van der Waals surface area contributed by atoms with Gasteiger partial charge in [-0.1, -0.05) is 0 Å². The molecule has 9 nitrogen and oxygen atoms in total. The Morgan fingerprint density at radius 2 is 1.86 bits per heavy atom. The van der Waals surface area contributed by atoms with Gasteiger partial charge in [-0.15, -0.1) is 10.2 Å². The lowest BCUT2D eigenvalue weighted by Crippen LogP contribution is -2.72. The van der Waals surface area contributed by atoms with Gasteiger partial charge in [0.05, 0.1) is 5.69 Å². The highest BCUT2D eigenvalue weighted by molar-refractivity contribution is 5.84. The maximum atomic E-state index is 14.5. The van der Waals surface area contributed by atoms with Gasteiger partial charge in [-0.25, -0.2) is 19.3 Å². The monoisotopic (exact) mass is 567 g/mol. The second-order valence-corrected chi connectivity index (χ2v) is 14.0. The van der Waals surface area contributed by atoms with Crippen molar-refractivity contribution in [1.29, 1.82) is 0 Å². The largest absolute Gasteiger partial charge is 0.434 e. The van der Waals surface area contributed by atoms with E-state index in [2.05, 4.69) is 34.9 Å². The number of likely N-dealkylation sites (tertiary alicyclic amines) is 1. The highest BCUT2D eigenvalue weighted by Gasteiger charge is 2.66. The highest BCUT2D eigenvalue weighted by atomic mass is 19.1. The van der Waals surface area contributed by atoms with Crippen molar-refractivity contribution in [1.82, 2.24) is 30.0 Å². The number of anilines is 1. The van der Waals surface area contributed by atoms with Gasteiger partial charge in [0.2, 0.25) is 0 Å². The molecule has 42 heavy (non-hydrogen) atoms. The van der Waals surface area contributed by atoms with E-state index in [4.69, 9.17) is 4.74 Å². The zero-order valence-electron chi connectivity index (χ0n) is 23.6. The van der Waals surface area contributed by atoms with Crippen molar-refractivity contribution in [2.45, 2.75) is 63.3 Å². The molecule has 0 radical (unpaired) electrons. The van der Waals surface area contributed by atoms with Gasteiger partial charge < -0.3 is 9.64 Å². The van der Waals surface area contributed by atoms with Gasteiger partial charge in [0.1, 0.15) is 30.0 Å². The Bertz CT molecular complexity index is 1560. The van der Waals surface area contributed by atoms with Crippen LogP contribution in [0.1, 0.15) is 63.0 Å². The number of rotatable bonds is 8. The van der Waals surface area contributed by atoms with E-state index in [-0.39, 0.29) is 11.2 Å². The van der Waals surface area contributed by atoms with Gasteiger partial charge in [0.25, 0.3) is 5.88 Å². The maximum absolute atomic E-state index is 14.5. The molecule has 5 aliphatic carbocycles. The second-order valence-electron chi connectivity index (χ2n) is 14.0. The molecule has 5 saturated carbocycles. The Kier molecular flexibility index (Phi) is 5.35. The number of ketones is 1. The van der Waals surface area contributed by atoms with Crippen molar-refractivity contribution < 1.29 is 13.9 Å². The minimum Gasteiger partial charge on any atom is -0.434 e. The summed E-state index contributed by atoms with van der Waals surface area (Å²) in [4.78, 5) is 30.2. The Morgan fingerprint density at radius 1 is 1.02 bits per heavy atom. The second kappa shape index (κ2) is 8.99. The lowest BCUT2D eigenvalue weighted by Gasteiger charge is -2.71. The van der Waals surface area contributed by atoms with Gasteiger partial charge in [-0.05, 0) is 74.0 Å². The van der Waals surface area contributed by atoms with Crippen LogP contribution in [0.15, 0.2) is 37.1 Å². The fraction of sp³-hybridized carbons (Fsp3) is 0.562. The summed E-state index contributed by atoms with van der Waals surface area (Å²) in [5, 5.41) is 8.38. The van der Waals surface area contributed by atoms with E-state index in [9.17, 15) is 9.18 Å². The molecule has 10 heteroatoms. The molecule has 0 amide bonds. The van der Waals surface area contributed by atoms with Crippen molar-refractivity contribution in [3.8, 4) is 22.8 Å². The SMILES string of the molecule is O=C1CC(C(N2CC3(CCN(c4ncnnc4Oc4ccc(F)cc4-c4cncnc4C4CC4)C3)C2)C23CC(C2)C3)C1. The zero-order chi connectivity index (χ0) is 28.1. The normalized spacial score (nSPS) is 28.5. The van der Waals surface area contributed by atoms with Gasteiger partial charge in [0.15, 0.2) is 5.82 Å². The van der Waals surface area contributed by atoms with Gasteiger partial charge in [-0.2, -0.15) is 0 Å². The molecule has 2 saturated heterocycles. The van der Waals surface area contributed by atoms with E-state index in [0.29, 0.717) is 52.1 Å². The summed E-state index contributed by atoms with van der Waals surface area (Å²) in [6, 6.07) is 5.10. The molecule has 216 valence electrons. The van der Waals surface area contributed by atoms with E-state index in [1.807, 2.05) is 0 Å². The minimum absolute atomic E-state index is 0.222. The molecule has 4 heterocycles. The van der Waals surface area contributed by atoms with E-state index in [1.165, 1.54) is 37.7 Å². The standard InChI is InChI=1S/C32H34FN7O2/c33-22-3-4-26(24(9-22)25-13-34-17-35-27(25)20-1-2-20)42-30-29(36-18-37-38-30)39-6-5-31(14-39)15-40(16-31)28(21-7-23(41)8-21)32-10-19(11-32)12-32/h3-4,9,13,17-21,28H,1-2,5-8,10-12,14-16H2. The smallest absolute Gasteiger partial charge is 0.282 e. The first kappa shape index (κ1) is 25.0. The van der Waals surface area contributed by atoms with Crippen LogP contribution in [0.2, 0.25) is 0 Å². The van der Waals surface area contributed by atoms with Crippen molar-refractivity contribution >= 4 is 11.6 Å². The van der Waals surface area contributed by atoms with Gasteiger partial charge in [-0.3, -0.25) is 9.69 Å². The number of aromatic nitrogens is 5. The molecule has 1 unspecified atom stereocenters. The summed E-state index contributed by atoms with van der Waals surface area (Å²) in [5.41, 5.74) is 3.03. The molecule has 1 spiro atoms. The van der Waals surface area contributed by atoms with Crippen LogP contribution in [-0.2, 0) is 4.79 Å². The Morgan fingerprint density at radius 3 is 2.60 bits per heavy atom. The average molecular weight is 568 g/mol. The van der Waals surface area contributed by atoms with Crippen LogP contribution < -0.4 is 9.64 Å². The van der Waals surface area contributed by atoms with E-state index in [0.717, 1.165) is 75.5 Å². The molecule has 2 aliphatic heterocycles. The third-order valence-electron chi connectivity index (χ3n) is 11.1. The Balaban J connectivity index is 0.948. The topological polar surface area (TPSA) is 97.2 Å². The third-order valence-corrected chi connectivity index (χ3v) is 11.1. The van der Waals surface area contributed by atoms with Crippen molar-refractivity contribution in [3.05, 3.63) is 48.6 Å². The highest BCUT2D eigenvalue weighted by Crippen LogP contribution is 2.70. The number of carbonyl (C=O) groups excluding carboxylic acids is 1. The molecular weight excluding hydrogens is 533 g/mol. The number of carbonyl (C=O) groups is 1. The number of Topliss-reactive ketones (excluding diaryl/α,β-unsaturated/α-hetero) is 1. The molecule has 2 aromatic heterocycles. The molecule has 3 aromatic rings. The lowest BCUT2D eigenvalue weighted by atomic mass is 9.39. The predicted molar refractivity (Wildman–Crippen MR) is 151 cm³/mol. The number of halogens is 1. The van der Waals surface area contributed by atoms with Crippen molar-refractivity contribution in [2.24, 2.45) is 22.7 Å². The first-order valence-electron chi connectivity index (χ1n) is 15.4. The Labute approximate surface area is 243 Å². The number of benzene rings is 1. The third kappa shape index (κ3) is 3.90. The zero-order valence-corrected chi connectivity index (χ0v) is 23.6. The molecule has 2 bridgehead atoms. The fourth-order valence-corrected chi connectivity index (χ4v) is 8.90. The summed E-state index contributed by atoms with van der Waals surface area (Å²) in [7, 11) is 0. The van der Waals surface area contributed by atoms with Crippen LogP contribution in [0.5, 0.6) is 11.6 Å². The molecule has 1 aromatic carbocycles. The first-order chi connectivity index (χ1) is 20.5. The minimum atomic E-state index is -0.347. The molecule has 1 atom stereocenters. The maximum Gasteiger partial charge on any atom is 0.282 e. The summed E-state index contributed by atoms with van der Waals surface area (Å²) >= 11 is 0. The van der Waals surface area contributed by atoms with E-state index in [1.54, 1.807) is 18.6 Å². The lowest BCUT2D eigenvalue weighted by molar-refractivity contribution is -0.211. The van der Waals surface area contributed by atoms with Gasteiger partial charge >= 0.3 is 0 Å². The van der Waals surface area contributed by atoms with Crippen LogP contribution in [0.3, 0.4) is 0 Å². The van der Waals surface area contributed by atoms with Crippen LogP contribution in [0, 0.1) is 28.5 Å². The van der Waals surface area contributed by atoms with Gasteiger partial charge in [0, 0.05) is 73.7 Å². The number of hydrogen-bond donors (Lipinski definition) is 0. The first-order valence-corrected chi connectivity index (χ1v) is 15.4. The van der Waals surface area contributed by atoms with Crippen LogP contribution in [0.25, 0.3) is 11.1 Å². The fourth-order valence-electron chi connectivity index (χ4n) is 8.90. The number of hydrogen-bond acceptors (Lipinski definition) is 9. The van der Waals surface area contributed by atoms with Crippen molar-refractivity contribution in [3.63, 3.8) is 0 Å². The molecule has 7 fully saturated rings. The number of nitrogens with zero attached hydrogens (tertiary/aromatic N) is 7. The average Bonchev–Trinajstić information content (AvgIpc) is 3.67. The van der Waals surface area contributed by atoms with Crippen LogP contribution >= 0.6 is 0 Å². The quantitative estimate of drug-likeness (QED) is 0.380. The van der Waals surface area contributed by atoms with E-state index < -0.39 is 0 Å². The summed E-state index contributed by atoms with van der Waals surface area (Å²) < 4.78 is 20.9. The van der Waals surface area contributed by atoms with Crippen LogP contribution in [-0.4, -0.2) is 68.1 Å². The summed E-state index contributed by atoms with van der Waals surface area (Å²) in [5.74, 6) is 3.44. The molecule has 7 aliphatic rings. The van der Waals surface area contributed by atoms with E-state index >= 15 is 0 Å². The Hall–Kier alpha value is -3.53. The molecule has 10 rings (SSSR count). The molecular formula is C32H34FN7O2. The van der Waals surface area contributed by atoms with Crippen LogP contribution in [0.4, 0.5) is 10.2 Å². The summed E-state index contributed by atoms with van der Waals surface area (Å²) in [6.07, 6.45) is 13.7. The predicted octanol–water partition coefficient (Wildman–Crippen LogP) is 4.80. The number of ether oxygens (including phenoxy) is 1. The summed E-state index contributed by atoms with van der Waals surface area (Å²) in [6.45, 7) is 3.93. The van der Waals surface area contributed by atoms with Crippen molar-refractivity contribution in [2.75, 3.05) is 31.1 Å².